The van der Waals surface area contributed by atoms with Crippen LogP contribution in [-0.2, 0) is 6.54 Å². The topological polar surface area (TPSA) is 21.3 Å². The second-order valence-electron chi connectivity index (χ2n) is 3.72. The fourth-order valence-corrected chi connectivity index (χ4v) is 1.46. The average Bonchev–Trinajstić information content (AvgIpc) is 2.24. The van der Waals surface area contributed by atoms with E-state index in [2.05, 4.69) is 5.32 Å². The van der Waals surface area contributed by atoms with Crippen LogP contribution in [0, 0.1) is 5.82 Å². The van der Waals surface area contributed by atoms with Crippen LogP contribution in [0.2, 0.25) is 0 Å². The lowest BCUT2D eigenvalue weighted by atomic mass is 10.2. The second kappa shape index (κ2) is 6.71. The fraction of sp³-hybridized carbons (Fsp3) is 0.500. The maximum absolute atomic E-state index is 13.3. The van der Waals surface area contributed by atoms with E-state index in [1.165, 1.54) is 13.2 Å². The van der Waals surface area contributed by atoms with Crippen molar-refractivity contribution in [3.8, 4) is 5.75 Å². The van der Waals surface area contributed by atoms with E-state index >= 15 is 0 Å². The minimum Gasteiger partial charge on any atom is -0.494 e. The summed E-state index contributed by atoms with van der Waals surface area (Å²) in [6.07, 6.45) is 0.903. The van der Waals surface area contributed by atoms with Crippen LogP contribution < -0.4 is 10.1 Å². The van der Waals surface area contributed by atoms with E-state index in [-0.39, 0.29) is 16.9 Å². The van der Waals surface area contributed by atoms with E-state index in [9.17, 15) is 4.39 Å². The third-order valence-corrected chi connectivity index (χ3v) is 2.48. The summed E-state index contributed by atoms with van der Waals surface area (Å²) in [6, 6.07) is 4.96. The SMILES string of the molecule is COc1ccc(CNCCC(C)Cl)cc1F. The van der Waals surface area contributed by atoms with Crippen LogP contribution >= 0.6 is 11.6 Å². The first kappa shape index (κ1) is 13.3. The zero-order valence-corrected chi connectivity index (χ0v) is 10.4. The minimum absolute atomic E-state index is 0.167. The van der Waals surface area contributed by atoms with Crippen molar-refractivity contribution in [1.82, 2.24) is 5.32 Å². The maximum atomic E-state index is 13.3. The van der Waals surface area contributed by atoms with Gasteiger partial charge in [0, 0.05) is 11.9 Å². The molecule has 1 unspecified atom stereocenters. The highest BCUT2D eigenvalue weighted by atomic mass is 35.5. The molecule has 1 atom stereocenters. The molecule has 1 aromatic rings. The van der Waals surface area contributed by atoms with Gasteiger partial charge in [-0.2, -0.15) is 0 Å². The third-order valence-electron chi connectivity index (χ3n) is 2.26. The Hall–Kier alpha value is -0.800. The summed E-state index contributed by atoms with van der Waals surface area (Å²) in [7, 11) is 1.46. The van der Waals surface area contributed by atoms with Crippen LogP contribution in [-0.4, -0.2) is 19.0 Å². The molecule has 0 fully saturated rings. The normalized spacial score (nSPS) is 12.5. The zero-order chi connectivity index (χ0) is 12.0. The summed E-state index contributed by atoms with van der Waals surface area (Å²) >= 11 is 5.81. The number of ether oxygens (including phenoxy) is 1. The van der Waals surface area contributed by atoms with Crippen molar-refractivity contribution in [2.45, 2.75) is 25.3 Å². The lowest BCUT2D eigenvalue weighted by Gasteiger charge is -2.07. The molecule has 16 heavy (non-hydrogen) atoms. The lowest BCUT2D eigenvalue weighted by molar-refractivity contribution is 0.386. The largest absolute Gasteiger partial charge is 0.494 e. The summed E-state index contributed by atoms with van der Waals surface area (Å²) in [5.74, 6) is -0.0503. The molecule has 0 saturated heterocycles. The van der Waals surface area contributed by atoms with E-state index in [4.69, 9.17) is 16.3 Å². The Labute approximate surface area is 101 Å². The van der Waals surface area contributed by atoms with Gasteiger partial charge in [-0.1, -0.05) is 6.07 Å². The molecule has 0 amide bonds. The highest BCUT2D eigenvalue weighted by Gasteiger charge is 2.03. The Morgan fingerprint density at radius 3 is 2.81 bits per heavy atom. The van der Waals surface area contributed by atoms with E-state index in [1.807, 2.05) is 13.0 Å². The second-order valence-corrected chi connectivity index (χ2v) is 4.46. The van der Waals surface area contributed by atoms with Gasteiger partial charge in [-0.3, -0.25) is 0 Å². The molecule has 0 aliphatic rings. The van der Waals surface area contributed by atoms with Crippen molar-refractivity contribution >= 4 is 11.6 Å². The van der Waals surface area contributed by atoms with Gasteiger partial charge in [0.05, 0.1) is 7.11 Å². The van der Waals surface area contributed by atoms with E-state index in [0.717, 1.165) is 18.5 Å². The standard InChI is InChI=1S/C12H17ClFNO/c1-9(13)5-6-15-8-10-3-4-12(16-2)11(14)7-10/h3-4,7,9,15H,5-6,8H2,1-2H3. The minimum atomic E-state index is -0.326. The summed E-state index contributed by atoms with van der Waals surface area (Å²) in [5, 5.41) is 3.37. The first-order chi connectivity index (χ1) is 7.63. The molecule has 0 aliphatic carbocycles. The molecule has 0 saturated carbocycles. The Morgan fingerprint density at radius 2 is 2.25 bits per heavy atom. The van der Waals surface area contributed by atoms with Crippen molar-refractivity contribution in [2.24, 2.45) is 0 Å². The molecule has 90 valence electrons. The highest BCUT2D eigenvalue weighted by molar-refractivity contribution is 6.20. The van der Waals surface area contributed by atoms with Crippen molar-refractivity contribution < 1.29 is 9.13 Å². The number of alkyl halides is 1. The smallest absolute Gasteiger partial charge is 0.165 e. The van der Waals surface area contributed by atoms with Gasteiger partial charge in [0.25, 0.3) is 0 Å². The van der Waals surface area contributed by atoms with Gasteiger partial charge in [0.2, 0.25) is 0 Å². The molecule has 0 aliphatic heterocycles. The van der Waals surface area contributed by atoms with Crippen molar-refractivity contribution in [1.29, 1.82) is 0 Å². The molecular formula is C12H17ClFNO. The first-order valence-corrected chi connectivity index (χ1v) is 5.74. The number of methoxy groups -OCH3 is 1. The average molecular weight is 246 g/mol. The first-order valence-electron chi connectivity index (χ1n) is 5.30. The maximum Gasteiger partial charge on any atom is 0.165 e. The molecule has 0 radical (unpaired) electrons. The number of hydrogen-bond acceptors (Lipinski definition) is 2. The van der Waals surface area contributed by atoms with Gasteiger partial charge in [0.15, 0.2) is 11.6 Å². The van der Waals surface area contributed by atoms with Gasteiger partial charge in [-0.25, -0.2) is 4.39 Å². The van der Waals surface area contributed by atoms with Crippen LogP contribution in [0.4, 0.5) is 4.39 Å². The fourth-order valence-electron chi connectivity index (χ4n) is 1.35. The van der Waals surface area contributed by atoms with Crippen LogP contribution in [0.1, 0.15) is 18.9 Å². The monoisotopic (exact) mass is 245 g/mol. The molecular weight excluding hydrogens is 229 g/mol. The number of nitrogens with one attached hydrogen (secondary N) is 1. The van der Waals surface area contributed by atoms with Crippen molar-refractivity contribution in [3.63, 3.8) is 0 Å². The van der Waals surface area contributed by atoms with Gasteiger partial charge in [0.1, 0.15) is 0 Å². The van der Waals surface area contributed by atoms with Crippen molar-refractivity contribution in [2.75, 3.05) is 13.7 Å². The summed E-state index contributed by atoms with van der Waals surface area (Å²) in [5.41, 5.74) is 0.903. The molecule has 1 aromatic carbocycles. The molecule has 0 bridgehead atoms. The molecule has 4 heteroatoms. The Kier molecular flexibility index (Phi) is 5.56. The zero-order valence-electron chi connectivity index (χ0n) is 9.59. The summed E-state index contributed by atoms with van der Waals surface area (Å²) in [6.45, 7) is 3.43. The van der Waals surface area contributed by atoms with Gasteiger partial charge in [-0.05, 0) is 37.6 Å². The number of rotatable bonds is 6. The van der Waals surface area contributed by atoms with Gasteiger partial charge < -0.3 is 10.1 Å². The molecule has 0 heterocycles. The Bertz CT molecular complexity index is 331. The van der Waals surface area contributed by atoms with E-state index < -0.39 is 0 Å². The van der Waals surface area contributed by atoms with Crippen LogP contribution in [0.3, 0.4) is 0 Å². The number of benzene rings is 1. The quantitative estimate of drug-likeness (QED) is 0.615. The predicted molar refractivity (Wildman–Crippen MR) is 64.6 cm³/mol. The van der Waals surface area contributed by atoms with Crippen molar-refractivity contribution in [3.05, 3.63) is 29.6 Å². The molecule has 0 spiro atoms. The number of halogens is 2. The Morgan fingerprint density at radius 1 is 1.50 bits per heavy atom. The molecule has 1 rings (SSSR count). The van der Waals surface area contributed by atoms with Crippen LogP contribution in [0.15, 0.2) is 18.2 Å². The van der Waals surface area contributed by atoms with Crippen LogP contribution in [0.5, 0.6) is 5.75 Å². The van der Waals surface area contributed by atoms with E-state index in [1.54, 1.807) is 6.07 Å². The predicted octanol–water partition coefficient (Wildman–Crippen LogP) is 2.94. The van der Waals surface area contributed by atoms with Gasteiger partial charge >= 0.3 is 0 Å². The Balaban J connectivity index is 2.40. The highest BCUT2D eigenvalue weighted by Crippen LogP contribution is 2.17. The third kappa shape index (κ3) is 4.37. The summed E-state index contributed by atoms with van der Waals surface area (Å²) in [4.78, 5) is 0. The van der Waals surface area contributed by atoms with Crippen LogP contribution in [0.25, 0.3) is 0 Å². The molecule has 0 aromatic heterocycles. The van der Waals surface area contributed by atoms with Gasteiger partial charge in [-0.15, -0.1) is 11.6 Å². The summed E-state index contributed by atoms with van der Waals surface area (Å²) < 4.78 is 18.2. The molecule has 2 nitrogen and oxygen atoms in total. The van der Waals surface area contributed by atoms with E-state index in [0.29, 0.717) is 6.54 Å². The lowest BCUT2D eigenvalue weighted by Crippen LogP contribution is -2.17. The molecule has 1 N–H and O–H groups in total. The number of hydrogen-bond donors (Lipinski definition) is 1.